The van der Waals surface area contributed by atoms with Crippen molar-refractivity contribution in [3.05, 3.63) is 28.2 Å². The van der Waals surface area contributed by atoms with Crippen LogP contribution in [0.2, 0.25) is 0 Å². The van der Waals surface area contributed by atoms with Gasteiger partial charge in [-0.15, -0.1) is 0 Å². The number of hydrogen-bond donors (Lipinski definition) is 1. The van der Waals surface area contributed by atoms with E-state index in [9.17, 15) is 0 Å². The van der Waals surface area contributed by atoms with Gasteiger partial charge in [0, 0.05) is 16.7 Å². The van der Waals surface area contributed by atoms with Crippen LogP contribution in [-0.4, -0.2) is 6.54 Å². The molecular weight excluding hydrogens is 226 g/mol. The first-order chi connectivity index (χ1) is 6.27. The first kappa shape index (κ1) is 9.07. The van der Waals surface area contributed by atoms with Gasteiger partial charge in [0.25, 0.3) is 0 Å². The van der Waals surface area contributed by atoms with Gasteiger partial charge in [0.2, 0.25) is 0 Å². The number of nitrogens with one attached hydrogen (secondary N) is 1. The first-order valence-corrected chi connectivity index (χ1v) is 5.58. The fourth-order valence-electron chi connectivity index (χ4n) is 1.84. The normalized spacial score (nSPS) is 21.5. The zero-order valence-corrected chi connectivity index (χ0v) is 9.39. The Hall–Kier alpha value is -0.500. The molecule has 1 unspecified atom stereocenters. The molecule has 1 N–H and O–H groups in total. The van der Waals surface area contributed by atoms with Crippen LogP contribution in [0, 0.1) is 5.92 Å². The highest BCUT2D eigenvalue weighted by Gasteiger charge is 2.14. The zero-order chi connectivity index (χ0) is 9.26. The highest BCUT2D eigenvalue weighted by molar-refractivity contribution is 9.10. The standard InChI is InChI=1S/C11H14BrN/c1-8-5-6-13-11-4-2-3-10(12)9(11)7-8/h2-4,8,13H,5-7H2,1H3. The molecule has 0 saturated carbocycles. The molecule has 1 heterocycles. The molecule has 1 aromatic carbocycles. The van der Waals surface area contributed by atoms with Gasteiger partial charge in [-0.1, -0.05) is 28.9 Å². The van der Waals surface area contributed by atoms with E-state index < -0.39 is 0 Å². The van der Waals surface area contributed by atoms with Crippen LogP contribution in [0.5, 0.6) is 0 Å². The lowest BCUT2D eigenvalue weighted by Crippen LogP contribution is -2.01. The largest absolute Gasteiger partial charge is 0.385 e. The molecule has 0 bridgehead atoms. The lowest BCUT2D eigenvalue weighted by molar-refractivity contribution is 0.557. The van der Waals surface area contributed by atoms with Crippen LogP contribution in [0.1, 0.15) is 18.9 Å². The molecule has 0 amide bonds. The quantitative estimate of drug-likeness (QED) is 0.732. The molecular formula is C11H14BrN. The van der Waals surface area contributed by atoms with Crippen LogP contribution in [0.3, 0.4) is 0 Å². The second kappa shape index (κ2) is 3.70. The van der Waals surface area contributed by atoms with Gasteiger partial charge in [0.15, 0.2) is 0 Å². The number of halogens is 1. The molecule has 1 atom stereocenters. The summed E-state index contributed by atoms with van der Waals surface area (Å²) in [5, 5.41) is 3.47. The van der Waals surface area contributed by atoms with Gasteiger partial charge >= 0.3 is 0 Å². The topological polar surface area (TPSA) is 12.0 Å². The maximum Gasteiger partial charge on any atom is 0.0384 e. The fourth-order valence-corrected chi connectivity index (χ4v) is 2.36. The Labute approximate surface area is 87.7 Å². The van der Waals surface area contributed by atoms with Gasteiger partial charge in [-0.25, -0.2) is 0 Å². The molecule has 1 nitrogen and oxygen atoms in total. The van der Waals surface area contributed by atoms with Crippen molar-refractivity contribution >= 4 is 21.6 Å². The average molecular weight is 240 g/mol. The van der Waals surface area contributed by atoms with E-state index in [4.69, 9.17) is 0 Å². The second-order valence-electron chi connectivity index (χ2n) is 3.79. The molecule has 2 heteroatoms. The van der Waals surface area contributed by atoms with Crippen molar-refractivity contribution in [1.29, 1.82) is 0 Å². The van der Waals surface area contributed by atoms with E-state index in [1.807, 2.05) is 0 Å². The van der Waals surface area contributed by atoms with E-state index in [2.05, 4.69) is 46.4 Å². The summed E-state index contributed by atoms with van der Waals surface area (Å²) < 4.78 is 1.24. The van der Waals surface area contributed by atoms with Crippen LogP contribution in [0.15, 0.2) is 22.7 Å². The monoisotopic (exact) mass is 239 g/mol. The summed E-state index contributed by atoms with van der Waals surface area (Å²) in [6.07, 6.45) is 2.45. The third-order valence-electron chi connectivity index (χ3n) is 2.62. The van der Waals surface area contributed by atoms with Crippen LogP contribution in [0.4, 0.5) is 5.69 Å². The van der Waals surface area contributed by atoms with E-state index >= 15 is 0 Å². The summed E-state index contributed by atoms with van der Waals surface area (Å²) in [7, 11) is 0. The SMILES string of the molecule is CC1CCNc2cccc(Br)c2C1. The highest BCUT2D eigenvalue weighted by atomic mass is 79.9. The van der Waals surface area contributed by atoms with Gasteiger partial charge in [0.05, 0.1) is 0 Å². The Morgan fingerprint density at radius 2 is 2.31 bits per heavy atom. The summed E-state index contributed by atoms with van der Waals surface area (Å²) in [5.41, 5.74) is 2.74. The third-order valence-corrected chi connectivity index (χ3v) is 3.37. The Morgan fingerprint density at radius 3 is 3.15 bits per heavy atom. The molecule has 70 valence electrons. The highest BCUT2D eigenvalue weighted by Crippen LogP contribution is 2.30. The molecule has 0 saturated heterocycles. The van der Waals surface area contributed by atoms with Crippen LogP contribution < -0.4 is 5.32 Å². The van der Waals surface area contributed by atoms with E-state index in [1.165, 1.54) is 28.6 Å². The lowest BCUT2D eigenvalue weighted by atomic mass is 9.99. The minimum absolute atomic E-state index is 0.785. The van der Waals surface area contributed by atoms with Crippen molar-refractivity contribution in [1.82, 2.24) is 0 Å². The van der Waals surface area contributed by atoms with Gasteiger partial charge in [-0.2, -0.15) is 0 Å². The minimum Gasteiger partial charge on any atom is -0.385 e. The van der Waals surface area contributed by atoms with Crippen LogP contribution >= 0.6 is 15.9 Å². The number of hydrogen-bond acceptors (Lipinski definition) is 1. The fraction of sp³-hybridized carbons (Fsp3) is 0.455. The van der Waals surface area contributed by atoms with Gasteiger partial charge in [0.1, 0.15) is 0 Å². The first-order valence-electron chi connectivity index (χ1n) is 4.78. The Balaban J connectivity index is 2.40. The van der Waals surface area contributed by atoms with E-state index in [0.717, 1.165) is 12.5 Å². The minimum atomic E-state index is 0.785. The molecule has 0 radical (unpaired) electrons. The average Bonchev–Trinajstić information content (AvgIpc) is 2.28. The van der Waals surface area contributed by atoms with Crippen LogP contribution in [0.25, 0.3) is 0 Å². The van der Waals surface area contributed by atoms with Crippen molar-refractivity contribution in [3.8, 4) is 0 Å². The molecule has 1 aliphatic heterocycles. The molecule has 0 aliphatic carbocycles. The number of benzene rings is 1. The molecule has 1 aliphatic rings. The third kappa shape index (κ3) is 1.88. The predicted octanol–water partition coefficient (Wildman–Crippen LogP) is 3.44. The van der Waals surface area contributed by atoms with Gasteiger partial charge in [-0.3, -0.25) is 0 Å². The van der Waals surface area contributed by atoms with E-state index in [0.29, 0.717) is 0 Å². The molecule has 0 spiro atoms. The smallest absolute Gasteiger partial charge is 0.0384 e. The summed E-state index contributed by atoms with van der Waals surface area (Å²) in [6.45, 7) is 3.42. The number of rotatable bonds is 0. The Morgan fingerprint density at radius 1 is 1.46 bits per heavy atom. The summed E-state index contributed by atoms with van der Waals surface area (Å²) in [6, 6.07) is 6.38. The zero-order valence-electron chi connectivity index (χ0n) is 7.81. The number of fused-ring (bicyclic) bond motifs is 1. The molecule has 2 rings (SSSR count). The van der Waals surface area contributed by atoms with Crippen LogP contribution in [-0.2, 0) is 6.42 Å². The van der Waals surface area contributed by atoms with Crippen molar-refractivity contribution < 1.29 is 0 Å². The van der Waals surface area contributed by atoms with E-state index in [1.54, 1.807) is 0 Å². The van der Waals surface area contributed by atoms with Crippen molar-refractivity contribution in [3.63, 3.8) is 0 Å². The number of anilines is 1. The van der Waals surface area contributed by atoms with Gasteiger partial charge in [-0.05, 0) is 36.5 Å². The molecule has 1 aromatic rings. The van der Waals surface area contributed by atoms with Crippen molar-refractivity contribution in [2.45, 2.75) is 19.8 Å². The van der Waals surface area contributed by atoms with Gasteiger partial charge < -0.3 is 5.32 Å². The summed E-state index contributed by atoms with van der Waals surface area (Å²) >= 11 is 3.60. The molecule has 0 fully saturated rings. The predicted molar refractivity (Wildman–Crippen MR) is 60.1 cm³/mol. The van der Waals surface area contributed by atoms with E-state index in [-0.39, 0.29) is 0 Å². The van der Waals surface area contributed by atoms with Crippen molar-refractivity contribution in [2.24, 2.45) is 5.92 Å². The Kier molecular flexibility index (Phi) is 2.58. The Bertz CT molecular complexity index is 309. The molecule has 13 heavy (non-hydrogen) atoms. The molecule has 0 aromatic heterocycles. The maximum absolute atomic E-state index is 3.60. The second-order valence-corrected chi connectivity index (χ2v) is 4.65. The maximum atomic E-state index is 3.60. The summed E-state index contributed by atoms with van der Waals surface area (Å²) in [5.74, 6) is 0.785. The lowest BCUT2D eigenvalue weighted by Gasteiger charge is -2.09. The van der Waals surface area contributed by atoms with Crippen molar-refractivity contribution in [2.75, 3.05) is 11.9 Å². The summed E-state index contributed by atoms with van der Waals surface area (Å²) in [4.78, 5) is 0.